The quantitative estimate of drug-likeness (QED) is 0.897. The van der Waals surface area contributed by atoms with E-state index in [2.05, 4.69) is 9.97 Å². The van der Waals surface area contributed by atoms with Crippen molar-refractivity contribution < 1.29 is 4.74 Å². The first-order valence-corrected chi connectivity index (χ1v) is 6.08. The Morgan fingerprint density at radius 1 is 1.33 bits per heavy atom. The van der Waals surface area contributed by atoms with Gasteiger partial charge in [0.1, 0.15) is 5.75 Å². The molecule has 4 heteroatoms. The number of aryl methyl sites for hydroxylation is 1. The summed E-state index contributed by atoms with van der Waals surface area (Å²) < 4.78 is 5.78. The van der Waals surface area contributed by atoms with Crippen molar-refractivity contribution in [3.8, 4) is 17.0 Å². The second-order valence-electron chi connectivity index (χ2n) is 4.60. The number of hydrogen-bond donors (Lipinski definition) is 1. The Kier molecular flexibility index (Phi) is 2.63. The van der Waals surface area contributed by atoms with E-state index in [1.807, 2.05) is 31.2 Å². The summed E-state index contributed by atoms with van der Waals surface area (Å²) in [5.41, 5.74) is 8.53. The minimum absolute atomic E-state index is 0.295. The minimum Gasteiger partial charge on any atom is -0.490 e. The molecule has 0 amide bonds. The molecule has 0 radical (unpaired) electrons. The van der Waals surface area contributed by atoms with Crippen LogP contribution in [0.4, 0.5) is 5.95 Å². The van der Waals surface area contributed by atoms with Gasteiger partial charge in [-0.3, -0.25) is 0 Å². The van der Waals surface area contributed by atoms with Crippen molar-refractivity contribution in [2.45, 2.75) is 25.9 Å². The first kappa shape index (κ1) is 11.0. The predicted octanol–water partition coefficient (Wildman–Crippen LogP) is 2.58. The maximum absolute atomic E-state index is 5.78. The molecule has 0 atom stereocenters. The lowest BCUT2D eigenvalue weighted by atomic mass is 10.1. The normalized spacial score (nSPS) is 14.5. The molecule has 92 valence electrons. The van der Waals surface area contributed by atoms with Crippen LogP contribution in [0.1, 0.15) is 18.4 Å². The van der Waals surface area contributed by atoms with Crippen LogP contribution in [-0.4, -0.2) is 16.1 Å². The monoisotopic (exact) mass is 241 g/mol. The second-order valence-corrected chi connectivity index (χ2v) is 4.60. The summed E-state index contributed by atoms with van der Waals surface area (Å²) in [6.07, 6.45) is 4.45. The Balaban J connectivity index is 1.96. The average molecular weight is 241 g/mol. The second kappa shape index (κ2) is 4.29. The summed E-state index contributed by atoms with van der Waals surface area (Å²) in [5, 5.41) is 0. The fraction of sp³-hybridized carbons (Fsp3) is 0.286. The van der Waals surface area contributed by atoms with E-state index in [-0.39, 0.29) is 0 Å². The standard InChI is InChI=1S/C14H15N3O/c1-9-8-16-14(15)17-13(9)10-3-2-4-12(7-10)18-11-5-6-11/h2-4,7-8,11H,5-6H2,1H3,(H2,15,16,17). The van der Waals surface area contributed by atoms with Crippen molar-refractivity contribution in [3.05, 3.63) is 36.0 Å². The van der Waals surface area contributed by atoms with Crippen LogP contribution in [0.5, 0.6) is 5.75 Å². The van der Waals surface area contributed by atoms with Crippen LogP contribution in [0, 0.1) is 6.92 Å². The van der Waals surface area contributed by atoms with Gasteiger partial charge in [-0.15, -0.1) is 0 Å². The van der Waals surface area contributed by atoms with E-state index < -0.39 is 0 Å². The van der Waals surface area contributed by atoms with Gasteiger partial charge in [0.2, 0.25) is 5.95 Å². The van der Waals surface area contributed by atoms with Gasteiger partial charge >= 0.3 is 0 Å². The molecule has 0 aliphatic heterocycles. The molecule has 1 heterocycles. The van der Waals surface area contributed by atoms with Crippen LogP contribution in [0.25, 0.3) is 11.3 Å². The first-order chi connectivity index (χ1) is 8.72. The van der Waals surface area contributed by atoms with E-state index in [4.69, 9.17) is 10.5 Å². The molecule has 0 spiro atoms. The van der Waals surface area contributed by atoms with Crippen molar-refractivity contribution in [2.24, 2.45) is 0 Å². The van der Waals surface area contributed by atoms with Gasteiger partial charge in [0, 0.05) is 11.8 Å². The van der Waals surface area contributed by atoms with Crippen molar-refractivity contribution >= 4 is 5.95 Å². The third kappa shape index (κ3) is 2.27. The maximum Gasteiger partial charge on any atom is 0.220 e. The molecule has 18 heavy (non-hydrogen) atoms. The molecule has 1 saturated carbocycles. The molecule has 3 rings (SSSR count). The lowest BCUT2D eigenvalue weighted by Gasteiger charge is -2.08. The fourth-order valence-corrected chi connectivity index (χ4v) is 1.84. The van der Waals surface area contributed by atoms with Crippen molar-refractivity contribution in [1.82, 2.24) is 9.97 Å². The van der Waals surface area contributed by atoms with Gasteiger partial charge in [-0.1, -0.05) is 12.1 Å². The molecule has 1 aliphatic rings. The number of ether oxygens (including phenoxy) is 1. The zero-order valence-corrected chi connectivity index (χ0v) is 10.3. The molecule has 1 fully saturated rings. The number of aromatic nitrogens is 2. The van der Waals surface area contributed by atoms with Gasteiger partial charge in [-0.25, -0.2) is 9.97 Å². The summed E-state index contributed by atoms with van der Waals surface area (Å²) >= 11 is 0. The summed E-state index contributed by atoms with van der Waals surface area (Å²) in [5.74, 6) is 1.19. The van der Waals surface area contributed by atoms with Gasteiger partial charge in [-0.2, -0.15) is 0 Å². The van der Waals surface area contributed by atoms with Gasteiger partial charge in [-0.05, 0) is 37.5 Å². The number of anilines is 1. The molecule has 0 unspecified atom stereocenters. The van der Waals surface area contributed by atoms with Crippen molar-refractivity contribution in [2.75, 3.05) is 5.73 Å². The number of nitrogens with two attached hydrogens (primary N) is 1. The topological polar surface area (TPSA) is 61.0 Å². The largest absolute Gasteiger partial charge is 0.490 e. The number of nitrogens with zero attached hydrogens (tertiary/aromatic N) is 2. The lowest BCUT2D eigenvalue weighted by Crippen LogP contribution is -1.99. The molecule has 1 aromatic heterocycles. The van der Waals surface area contributed by atoms with Crippen molar-refractivity contribution in [1.29, 1.82) is 0 Å². The molecule has 0 saturated heterocycles. The Morgan fingerprint density at radius 3 is 2.94 bits per heavy atom. The maximum atomic E-state index is 5.78. The molecular weight excluding hydrogens is 226 g/mol. The molecule has 1 aromatic carbocycles. The van der Waals surface area contributed by atoms with Crippen LogP contribution in [-0.2, 0) is 0 Å². The van der Waals surface area contributed by atoms with Gasteiger partial charge in [0.05, 0.1) is 11.8 Å². The van der Waals surface area contributed by atoms with Gasteiger partial charge in [0.15, 0.2) is 0 Å². The summed E-state index contributed by atoms with van der Waals surface area (Å²) in [6.45, 7) is 1.98. The number of benzene rings is 1. The van der Waals surface area contributed by atoms with Crippen LogP contribution in [0.2, 0.25) is 0 Å². The summed E-state index contributed by atoms with van der Waals surface area (Å²) in [6, 6.07) is 7.97. The third-order valence-corrected chi connectivity index (χ3v) is 2.92. The SMILES string of the molecule is Cc1cnc(N)nc1-c1cccc(OC2CC2)c1. The fourth-order valence-electron chi connectivity index (χ4n) is 1.84. The first-order valence-electron chi connectivity index (χ1n) is 6.08. The van der Waals surface area contributed by atoms with E-state index in [0.29, 0.717) is 12.1 Å². The average Bonchev–Trinajstić information content (AvgIpc) is 3.16. The summed E-state index contributed by atoms with van der Waals surface area (Å²) in [4.78, 5) is 8.27. The van der Waals surface area contributed by atoms with Crippen LogP contribution < -0.4 is 10.5 Å². The van der Waals surface area contributed by atoms with Gasteiger partial charge in [0.25, 0.3) is 0 Å². The highest BCUT2D eigenvalue weighted by Gasteiger charge is 2.23. The Morgan fingerprint density at radius 2 is 2.17 bits per heavy atom. The number of hydrogen-bond acceptors (Lipinski definition) is 4. The number of nitrogen functional groups attached to an aromatic ring is 1. The number of rotatable bonds is 3. The predicted molar refractivity (Wildman–Crippen MR) is 70.3 cm³/mol. The highest BCUT2D eigenvalue weighted by Crippen LogP contribution is 2.30. The molecule has 0 bridgehead atoms. The van der Waals surface area contributed by atoms with E-state index in [1.54, 1.807) is 6.20 Å². The van der Waals surface area contributed by atoms with Gasteiger partial charge < -0.3 is 10.5 Å². The van der Waals surface area contributed by atoms with E-state index in [0.717, 1.165) is 35.4 Å². The molecular formula is C14H15N3O. The van der Waals surface area contributed by atoms with Crippen molar-refractivity contribution in [3.63, 3.8) is 0 Å². The van der Waals surface area contributed by atoms with E-state index in [9.17, 15) is 0 Å². The Hall–Kier alpha value is -2.10. The zero-order chi connectivity index (χ0) is 12.5. The summed E-state index contributed by atoms with van der Waals surface area (Å²) in [7, 11) is 0. The molecule has 1 aliphatic carbocycles. The molecule has 4 nitrogen and oxygen atoms in total. The Labute approximate surface area is 106 Å². The van der Waals surface area contributed by atoms with E-state index in [1.165, 1.54) is 0 Å². The molecule has 2 N–H and O–H groups in total. The molecule has 2 aromatic rings. The highest BCUT2D eigenvalue weighted by molar-refractivity contribution is 5.65. The lowest BCUT2D eigenvalue weighted by molar-refractivity contribution is 0.303. The zero-order valence-electron chi connectivity index (χ0n) is 10.3. The van der Waals surface area contributed by atoms with Crippen LogP contribution >= 0.6 is 0 Å². The Bertz CT molecular complexity index is 579. The van der Waals surface area contributed by atoms with Crippen LogP contribution in [0.3, 0.4) is 0 Å². The third-order valence-electron chi connectivity index (χ3n) is 2.92. The van der Waals surface area contributed by atoms with E-state index >= 15 is 0 Å². The highest BCUT2D eigenvalue weighted by atomic mass is 16.5. The minimum atomic E-state index is 0.295. The van der Waals surface area contributed by atoms with Crippen LogP contribution in [0.15, 0.2) is 30.5 Å². The smallest absolute Gasteiger partial charge is 0.220 e.